The fourth-order valence-electron chi connectivity index (χ4n) is 6.22. The number of benzene rings is 1. The van der Waals surface area contributed by atoms with Gasteiger partial charge in [-0.15, -0.1) is 0 Å². The topological polar surface area (TPSA) is 124 Å². The lowest BCUT2D eigenvalue weighted by Gasteiger charge is -2.51. The first-order valence-corrected chi connectivity index (χ1v) is 14.6. The van der Waals surface area contributed by atoms with E-state index in [0.29, 0.717) is 56.2 Å². The molecule has 2 aliphatic heterocycles. The van der Waals surface area contributed by atoms with E-state index in [-0.39, 0.29) is 30.7 Å². The molecule has 3 heterocycles. The summed E-state index contributed by atoms with van der Waals surface area (Å²) in [7, 11) is 0. The fourth-order valence-corrected chi connectivity index (χ4v) is 6.22. The number of nitrogens with two attached hydrogens (primary N) is 1. The van der Waals surface area contributed by atoms with Gasteiger partial charge in [-0.05, 0) is 61.4 Å². The summed E-state index contributed by atoms with van der Waals surface area (Å²) in [5.41, 5.74) is 6.08. The summed E-state index contributed by atoms with van der Waals surface area (Å²) in [6.07, 6.45) is 7.84. The summed E-state index contributed by atoms with van der Waals surface area (Å²) in [6, 6.07) is 6.48. The summed E-state index contributed by atoms with van der Waals surface area (Å²) in [6.45, 7) is 7.13. The van der Waals surface area contributed by atoms with E-state index in [1.165, 1.54) is 0 Å². The molecule has 1 atom stereocenters. The van der Waals surface area contributed by atoms with Gasteiger partial charge < -0.3 is 25.2 Å². The Morgan fingerprint density at radius 1 is 1.15 bits per heavy atom. The average molecular weight is 564 g/mol. The van der Waals surface area contributed by atoms with Crippen molar-refractivity contribution in [2.45, 2.75) is 82.9 Å². The van der Waals surface area contributed by atoms with Gasteiger partial charge in [0.05, 0.1) is 5.41 Å². The number of aromatic nitrogens is 2. The van der Waals surface area contributed by atoms with E-state index in [0.717, 1.165) is 35.3 Å². The highest BCUT2D eigenvalue weighted by atomic mass is 19.1. The summed E-state index contributed by atoms with van der Waals surface area (Å²) in [4.78, 5) is 30.8. The van der Waals surface area contributed by atoms with Crippen molar-refractivity contribution in [1.82, 2.24) is 15.5 Å². The molecule has 1 spiro atoms. The molecule has 218 valence electrons. The van der Waals surface area contributed by atoms with Crippen LogP contribution in [0.3, 0.4) is 0 Å². The maximum absolute atomic E-state index is 16.4. The number of anilines is 1. The number of alkyl halides is 1. The smallest absolute Gasteiger partial charge is 0.324 e. The van der Waals surface area contributed by atoms with Crippen molar-refractivity contribution < 1.29 is 23.2 Å². The van der Waals surface area contributed by atoms with Crippen molar-refractivity contribution in [3.63, 3.8) is 0 Å². The zero-order chi connectivity index (χ0) is 29.0. The minimum absolute atomic E-state index is 0.157. The number of allylic oxidation sites excluding steroid dienone is 3. The number of carbonyl (C=O) groups excluding carboxylic acids is 2. The van der Waals surface area contributed by atoms with Gasteiger partial charge in [-0.3, -0.25) is 9.59 Å². The summed E-state index contributed by atoms with van der Waals surface area (Å²) < 4.78 is 28.3. The van der Waals surface area contributed by atoms with Crippen molar-refractivity contribution in [2.75, 3.05) is 24.5 Å². The van der Waals surface area contributed by atoms with Gasteiger partial charge in [0.25, 0.3) is 0 Å². The predicted molar refractivity (Wildman–Crippen MR) is 152 cm³/mol. The number of piperidine rings is 1. The first-order valence-electron chi connectivity index (χ1n) is 14.6. The van der Waals surface area contributed by atoms with Crippen LogP contribution in [0.25, 0.3) is 5.57 Å². The predicted octanol–water partition coefficient (Wildman–Crippen LogP) is 4.38. The lowest BCUT2D eigenvalue weighted by Crippen LogP contribution is -2.62. The van der Waals surface area contributed by atoms with Crippen LogP contribution in [0.4, 0.5) is 10.4 Å². The number of nitrogens with zero attached hydrogens (tertiary/aromatic N) is 3. The second kappa shape index (κ2) is 9.99. The van der Waals surface area contributed by atoms with Gasteiger partial charge in [0.1, 0.15) is 11.4 Å². The van der Waals surface area contributed by atoms with Gasteiger partial charge in [0.2, 0.25) is 11.8 Å². The number of hydrogen-bond donors (Lipinski definition) is 2. The number of carbonyl (C=O) groups is 2. The standard InChI is InChI=1S/C31H38FN5O4/c1-19(2)25-35-28(41-36-25)37-14-12-31(13-15-37)29(3,32)17-23-16-22(8-9-24(23)40-31)20-4-6-21(7-5-20)26(38)34-18-30(10-11-30)27(33)39/h4,6,8-9,16,19H,5,7,10-15,17-18H2,1-3H3,(H2,33,39)(H,34,38). The maximum Gasteiger partial charge on any atom is 0.324 e. The van der Waals surface area contributed by atoms with E-state index in [1.807, 2.05) is 49.1 Å². The second-order valence-corrected chi connectivity index (χ2v) is 12.6. The zero-order valence-corrected chi connectivity index (χ0v) is 24.0. The first kappa shape index (κ1) is 27.5. The SMILES string of the molecule is CC(C)c1noc(N2CCC3(CC2)Oc2ccc(C4=CC=C(C(=O)NCC5(C(N)=O)CC5)CC4)cc2CC3(C)F)n1. The first-order chi connectivity index (χ1) is 19.5. The highest BCUT2D eigenvalue weighted by Gasteiger charge is 2.56. The number of hydrogen-bond acceptors (Lipinski definition) is 7. The Labute approximate surface area is 239 Å². The molecule has 2 amide bonds. The quantitative estimate of drug-likeness (QED) is 0.512. The molecule has 1 aromatic heterocycles. The Balaban J connectivity index is 1.12. The number of amides is 2. The molecule has 2 aromatic rings. The number of halogens is 1. The number of ether oxygens (including phenoxy) is 1. The van der Waals surface area contributed by atoms with Gasteiger partial charge in [-0.25, -0.2) is 4.39 Å². The summed E-state index contributed by atoms with van der Waals surface area (Å²) in [5.74, 6) is 1.07. The summed E-state index contributed by atoms with van der Waals surface area (Å²) in [5, 5.41) is 6.94. The molecular weight excluding hydrogens is 525 g/mol. The molecule has 0 radical (unpaired) electrons. The van der Waals surface area contributed by atoms with Crippen molar-refractivity contribution in [1.29, 1.82) is 0 Å². The van der Waals surface area contributed by atoms with Crippen LogP contribution in [0.15, 0.2) is 40.4 Å². The van der Waals surface area contributed by atoms with E-state index in [2.05, 4.69) is 15.5 Å². The lowest BCUT2D eigenvalue weighted by molar-refractivity contribution is -0.123. The fraction of sp³-hybridized carbons (Fsp3) is 0.548. The molecule has 9 nitrogen and oxygen atoms in total. The van der Waals surface area contributed by atoms with Gasteiger partial charge in [-0.1, -0.05) is 37.2 Å². The molecule has 1 unspecified atom stereocenters. The highest BCUT2D eigenvalue weighted by Crippen LogP contribution is 2.48. The Morgan fingerprint density at radius 3 is 2.51 bits per heavy atom. The molecule has 0 bridgehead atoms. The molecule has 10 heteroatoms. The normalized spacial score (nSPS) is 24.3. The molecule has 1 saturated carbocycles. The number of primary amides is 1. The monoisotopic (exact) mass is 563 g/mol. The van der Waals surface area contributed by atoms with Crippen molar-refractivity contribution in [3.05, 3.63) is 52.9 Å². The van der Waals surface area contributed by atoms with E-state index < -0.39 is 16.7 Å². The van der Waals surface area contributed by atoms with Crippen LogP contribution in [0.5, 0.6) is 5.75 Å². The van der Waals surface area contributed by atoms with Crippen molar-refractivity contribution in [3.8, 4) is 5.75 Å². The number of fused-ring (bicyclic) bond motifs is 1. The minimum atomic E-state index is -1.54. The van der Waals surface area contributed by atoms with Crippen molar-refractivity contribution in [2.24, 2.45) is 11.1 Å². The van der Waals surface area contributed by atoms with Gasteiger partial charge in [0, 0.05) is 50.4 Å². The van der Waals surface area contributed by atoms with Crippen molar-refractivity contribution >= 4 is 23.4 Å². The van der Waals surface area contributed by atoms with Crippen LogP contribution in [-0.2, 0) is 16.0 Å². The zero-order valence-electron chi connectivity index (χ0n) is 24.0. The van der Waals surface area contributed by atoms with Gasteiger partial charge in [0.15, 0.2) is 11.5 Å². The molecule has 2 aliphatic carbocycles. The Morgan fingerprint density at radius 2 is 1.90 bits per heavy atom. The highest BCUT2D eigenvalue weighted by molar-refractivity contribution is 5.95. The Kier molecular flexibility index (Phi) is 6.70. The van der Waals surface area contributed by atoms with Crippen LogP contribution in [0.1, 0.15) is 82.2 Å². The van der Waals surface area contributed by atoms with Crippen LogP contribution in [0.2, 0.25) is 0 Å². The molecule has 3 N–H and O–H groups in total. The Bertz CT molecular complexity index is 1430. The van der Waals surface area contributed by atoms with Crippen LogP contribution in [0, 0.1) is 5.41 Å². The van der Waals surface area contributed by atoms with E-state index in [9.17, 15) is 9.59 Å². The molecule has 41 heavy (non-hydrogen) atoms. The van der Waals surface area contributed by atoms with E-state index in [4.69, 9.17) is 15.0 Å². The third-order valence-electron chi connectivity index (χ3n) is 9.40. The largest absolute Gasteiger partial charge is 0.484 e. The third kappa shape index (κ3) is 5.02. The van der Waals surface area contributed by atoms with E-state index >= 15 is 4.39 Å². The number of rotatable bonds is 7. The minimum Gasteiger partial charge on any atom is -0.484 e. The average Bonchev–Trinajstić information content (AvgIpc) is 3.59. The Hall–Kier alpha value is -3.69. The van der Waals surface area contributed by atoms with Gasteiger partial charge >= 0.3 is 6.01 Å². The second-order valence-electron chi connectivity index (χ2n) is 12.6. The molecule has 4 aliphatic rings. The summed E-state index contributed by atoms with van der Waals surface area (Å²) >= 11 is 0. The molecule has 1 saturated heterocycles. The van der Waals surface area contributed by atoms with Crippen LogP contribution in [-0.4, -0.2) is 52.9 Å². The molecule has 1 aromatic carbocycles. The maximum atomic E-state index is 16.4. The number of nitrogens with one attached hydrogen (secondary N) is 1. The van der Waals surface area contributed by atoms with E-state index in [1.54, 1.807) is 6.92 Å². The lowest BCUT2D eigenvalue weighted by atomic mass is 9.72. The molecule has 2 fully saturated rings. The molecule has 6 rings (SSSR count). The third-order valence-corrected chi connectivity index (χ3v) is 9.40. The van der Waals surface area contributed by atoms with Gasteiger partial charge in [-0.2, -0.15) is 4.98 Å². The van der Waals surface area contributed by atoms with Crippen LogP contribution >= 0.6 is 0 Å². The van der Waals surface area contributed by atoms with Crippen LogP contribution < -0.4 is 20.7 Å². The molecular formula is C31H38FN5O4.